The first kappa shape index (κ1) is 17.4. The van der Waals surface area contributed by atoms with Crippen molar-refractivity contribution in [3.8, 4) is 0 Å². The number of benzene rings is 2. The number of halogens is 3. The van der Waals surface area contributed by atoms with Crippen molar-refractivity contribution in [1.82, 2.24) is 4.90 Å². The lowest BCUT2D eigenvalue weighted by Gasteiger charge is -2.25. The molecule has 0 aromatic heterocycles. The van der Waals surface area contributed by atoms with Crippen LogP contribution in [-0.2, 0) is 4.74 Å². The second-order valence-corrected chi connectivity index (χ2v) is 8.11. The lowest BCUT2D eigenvalue weighted by molar-refractivity contribution is 0.0842. The van der Waals surface area contributed by atoms with E-state index in [4.69, 9.17) is 39.5 Å². The number of amides is 1. The van der Waals surface area contributed by atoms with Gasteiger partial charge in [0.05, 0.1) is 6.04 Å². The molecule has 1 unspecified atom stereocenters. The maximum atomic E-state index is 12.5. The van der Waals surface area contributed by atoms with E-state index < -0.39 is 16.0 Å². The van der Waals surface area contributed by atoms with E-state index in [9.17, 15) is 4.79 Å². The Morgan fingerprint density at radius 2 is 1.75 bits per heavy atom. The Labute approximate surface area is 156 Å². The highest BCUT2D eigenvalue weighted by Gasteiger charge is 2.45. The van der Waals surface area contributed by atoms with Gasteiger partial charge in [-0.05, 0) is 23.6 Å². The number of alkyl halides is 3. The molecule has 0 aliphatic carbocycles. The summed E-state index contributed by atoms with van der Waals surface area (Å²) in [5.74, 6) is 0. The molecule has 2 aromatic rings. The van der Waals surface area contributed by atoms with Gasteiger partial charge in [-0.1, -0.05) is 89.4 Å². The third-order valence-corrected chi connectivity index (χ3v) is 4.61. The summed E-state index contributed by atoms with van der Waals surface area (Å²) in [6.07, 6.45) is -1.45. The Hall–Kier alpha value is -1.42. The van der Waals surface area contributed by atoms with Gasteiger partial charge in [0.1, 0.15) is 0 Å². The van der Waals surface area contributed by atoms with Gasteiger partial charge < -0.3 is 4.74 Å². The number of nitrogens with zero attached hydrogens (tertiary/aromatic N) is 1. The van der Waals surface area contributed by atoms with Gasteiger partial charge in [-0.3, -0.25) is 4.90 Å². The minimum Gasteiger partial charge on any atom is -0.437 e. The summed E-state index contributed by atoms with van der Waals surface area (Å²) in [5.41, 5.74) is 2.89. The van der Waals surface area contributed by atoms with E-state index in [2.05, 4.69) is 0 Å². The van der Waals surface area contributed by atoms with Crippen molar-refractivity contribution < 1.29 is 9.53 Å². The average Bonchev–Trinajstić information content (AvgIpc) is 3.33. The highest BCUT2D eigenvalue weighted by molar-refractivity contribution is 6.68. The molecule has 126 valence electrons. The normalized spacial score (nSPS) is 18.2. The fraction of sp³-hybridized carbons (Fsp3) is 0.278. The highest BCUT2D eigenvalue weighted by atomic mass is 35.6. The minimum atomic E-state index is -1.74. The number of carbonyl (C=O) groups is 1. The van der Waals surface area contributed by atoms with Crippen molar-refractivity contribution in [1.29, 1.82) is 0 Å². The van der Waals surface area contributed by atoms with Crippen LogP contribution in [0.25, 0.3) is 0 Å². The Morgan fingerprint density at radius 3 is 2.38 bits per heavy atom. The predicted molar refractivity (Wildman–Crippen MR) is 96.6 cm³/mol. The lowest BCUT2D eigenvalue weighted by Crippen LogP contribution is -2.26. The van der Waals surface area contributed by atoms with Crippen LogP contribution in [0, 0.1) is 6.92 Å². The fourth-order valence-electron chi connectivity index (χ4n) is 2.69. The summed E-state index contributed by atoms with van der Waals surface area (Å²) in [5, 5.41) is 0. The number of aryl methyl sites for hydroxylation is 1. The van der Waals surface area contributed by atoms with Crippen LogP contribution in [0.3, 0.4) is 0 Å². The van der Waals surface area contributed by atoms with Crippen LogP contribution in [0.2, 0.25) is 0 Å². The number of carbonyl (C=O) groups excluding carboxylic acids is 1. The lowest BCUT2D eigenvalue weighted by atomic mass is 10.1. The first-order valence-electron chi connectivity index (χ1n) is 7.52. The zero-order chi connectivity index (χ0) is 17.3. The van der Waals surface area contributed by atoms with E-state index in [-0.39, 0.29) is 6.04 Å². The molecule has 1 heterocycles. The number of rotatable bonds is 3. The summed E-state index contributed by atoms with van der Waals surface area (Å²) < 4.78 is 3.76. The smallest absolute Gasteiger partial charge is 0.411 e. The van der Waals surface area contributed by atoms with E-state index >= 15 is 0 Å². The third kappa shape index (κ3) is 3.80. The van der Waals surface area contributed by atoms with Crippen molar-refractivity contribution >= 4 is 40.9 Å². The van der Waals surface area contributed by atoms with Crippen LogP contribution < -0.4 is 0 Å². The van der Waals surface area contributed by atoms with E-state index in [0.717, 1.165) is 11.1 Å². The molecular formula is C18H16Cl3NO2. The van der Waals surface area contributed by atoms with E-state index in [1.165, 1.54) is 0 Å². The summed E-state index contributed by atoms with van der Waals surface area (Å²) >= 11 is 18.0. The first-order chi connectivity index (χ1) is 11.4. The maximum Gasteiger partial charge on any atom is 0.411 e. The second kappa shape index (κ2) is 6.83. The van der Waals surface area contributed by atoms with Crippen molar-refractivity contribution in [2.75, 3.05) is 6.54 Å². The second-order valence-electron chi connectivity index (χ2n) is 5.74. The Bertz CT molecular complexity index is 731. The van der Waals surface area contributed by atoms with Gasteiger partial charge in [0, 0.05) is 6.54 Å². The summed E-state index contributed by atoms with van der Waals surface area (Å²) in [7, 11) is 0. The molecule has 1 fully saturated rings. The van der Waals surface area contributed by atoms with Crippen LogP contribution in [0.5, 0.6) is 0 Å². The number of hydrogen-bond acceptors (Lipinski definition) is 2. The maximum absolute atomic E-state index is 12.5. The zero-order valence-corrected chi connectivity index (χ0v) is 15.2. The average molecular weight is 385 g/mol. The molecule has 1 saturated heterocycles. The van der Waals surface area contributed by atoms with Crippen molar-refractivity contribution in [3.05, 3.63) is 71.3 Å². The van der Waals surface area contributed by atoms with Gasteiger partial charge in [-0.25, -0.2) is 4.79 Å². The number of ether oxygens (including phenoxy) is 1. The monoisotopic (exact) mass is 383 g/mol. The van der Waals surface area contributed by atoms with Crippen LogP contribution >= 0.6 is 34.8 Å². The first-order valence-corrected chi connectivity index (χ1v) is 8.66. The Morgan fingerprint density at radius 1 is 1.12 bits per heavy atom. The van der Waals surface area contributed by atoms with Gasteiger partial charge >= 0.3 is 6.09 Å². The molecule has 1 amide bonds. The molecule has 0 N–H and O–H groups in total. The molecule has 0 saturated carbocycles. The number of hydrogen-bond donors (Lipinski definition) is 0. The van der Waals surface area contributed by atoms with E-state index in [1.54, 1.807) is 29.2 Å². The molecule has 2 aromatic carbocycles. The SMILES string of the molecule is Cc1ccccc1C1CN1C(=O)O[C@H](c1ccccc1)C(Cl)(Cl)Cl. The standard InChI is InChI=1S/C18H16Cl3NO2/c1-12-7-5-6-10-14(12)15-11-22(15)17(23)24-16(18(19,20)21)13-8-3-2-4-9-13/h2-10,15-16H,11H2,1H3/t15?,16-,22?/m1/s1. The molecule has 0 radical (unpaired) electrons. The topological polar surface area (TPSA) is 29.3 Å². The summed E-state index contributed by atoms with van der Waals surface area (Å²) in [6, 6.07) is 17.0. The van der Waals surface area contributed by atoms with Crippen LogP contribution in [0.4, 0.5) is 4.79 Å². The third-order valence-electron chi connectivity index (χ3n) is 4.01. The molecule has 3 rings (SSSR count). The molecular weight excluding hydrogens is 369 g/mol. The fourth-order valence-corrected chi connectivity index (χ4v) is 3.20. The summed E-state index contributed by atoms with van der Waals surface area (Å²) in [6.45, 7) is 2.62. The Balaban J connectivity index is 1.73. The predicted octanol–water partition coefficient (Wildman–Crippen LogP) is 5.60. The highest BCUT2D eigenvalue weighted by Crippen LogP contribution is 2.44. The molecule has 0 spiro atoms. The summed E-state index contributed by atoms with van der Waals surface area (Å²) in [4.78, 5) is 14.1. The molecule has 1 aliphatic rings. The molecule has 24 heavy (non-hydrogen) atoms. The van der Waals surface area contributed by atoms with Crippen LogP contribution in [-0.4, -0.2) is 21.3 Å². The molecule has 6 heteroatoms. The van der Waals surface area contributed by atoms with Crippen molar-refractivity contribution in [2.24, 2.45) is 0 Å². The van der Waals surface area contributed by atoms with Gasteiger partial charge in [0.15, 0.2) is 6.10 Å². The zero-order valence-electron chi connectivity index (χ0n) is 13.0. The molecule has 0 bridgehead atoms. The van der Waals surface area contributed by atoms with Gasteiger partial charge in [0.25, 0.3) is 0 Å². The van der Waals surface area contributed by atoms with Crippen molar-refractivity contribution in [2.45, 2.75) is 22.9 Å². The Kier molecular flexibility index (Phi) is 4.95. The van der Waals surface area contributed by atoms with Gasteiger partial charge in [-0.2, -0.15) is 0 Å². The largest absolute Gasteiger partial charge is 0.437 e. The van der Waals surface area contributed by atoms with E-state index in [0.29, 0.717) is 12.1 Å². The van der Waals surface area contributed by atoms with Gasteiger partial charge in [0.2, 0.25) is 3.79 Å². The van der Waals surface area contributed by atoms with Gasteiger partial charge in [-0.15, -0.1) is 0 Å². The molecule has 2 atom stereocenters. The van der Waals surface area contributed by atoms with E-state index in [1.807, 2.05) is 37.3 Å². The quantitative estimate of drug-likeness (QED) is 0.509. The van der Waals surface area contributed by atoms with Crippen LogP contribution in [0.15, 0.2) is 54.6 Å². The van der Waals surface area contributed by atoms with Crippen LogP contribution in [0.1, 0.15) is 28.8 Å². The molecule has 1 aliphatic heterocycles. The minimum absolute atomic E-state index is 0.0190. The van der Waals surface area contributed by atoms with Crippen molar-refractivity contribution in [3.63, 3.8) is 0 Å². The molecule has 3 nitrogen and oxygen atoms in total.